The van der Waals surface area contributed by atoms with Gasteiger partial charge in [-0.3, -0.25) is 9.79 Å². The summed E-state index contributed by atoms with van der Waals surface area (Å²) in [6.45, 7) is 4.18. The molecule has 1 unspecified atom stereocenters. The molecule has 0 bridgehead atoms. The van der Waals surface area contributed by atoms with Crippen molar-refractivity contribution in [1.29, 1.82) is 0 Å². The molecular weight excluding hydrogens is 296 g/mol. The van der Waals surface area contributed by atoms with E-state index in [0.717, 1.165) is 30.1 Å². The Labute approximate surface area is 134 Å². The number of aliphatic imine (C=N–C) groups is 1. The third-order valence-corrected chi connectivity index (χ3v) is 3.90. The molecule has 0 fully saturated rings. The van der Waals surface area contributed by atoms with Gasteiger partial charge in [0.25, 0.3) is 5.91 Å². The predicted molar refractivity (Wildman–Crippen MR) is 86.9 cm³/mol. The largest absolute Gasteiger partial charge is 0.493 e. The minimum Gasteiger partial charge on any atom is -0.493 e. The number of amidine groups is 1. The highest BCUT2D eigenvalue weighted by Crippen LogP contribution is 2.27. The lowest BCUT2D eigenvalue weighted by Gasteiger charge is -2.16. The van der Waals surface area contributed by atoms with Gasteiger partial charge in [0.15, 0.2) is 0 Å². The number of primary amides is 1. The van der Waals surface area contributed by atoms with Crippen LogP contribution in [0.5, 0.6) is 5.75 Å². The number of likely N-dealkylation sites (N-methyl/N-ethyl adjacent to an activating group) is 1. The third-order valence-electron chi connectivity index (χ3n) is 3.90. The molecule has 0 spiro atoms. The molecule has 0 saturated heterocycles. The smallest absolute Gasteiger partial charge is 0.261 e. The maximum absolute atomic E-state index is 11.2. The highest BCUT2D eigenvalue weighted by atomic mass is 16.6. The van der Waals surface area contributed by atoms with Crippen molar-refractivity contribution in [3.05, 3.63) is 29.3 Å². The van der Waals surface area contributed by atoms with E-state index in [1.54, 1.807) is 0 Å². The maximum atomic E-state index is 11.2. The molecule has 3 rings (SSSR count). The lowest BCUT2D eigenvalue weighted by atomic mass is 10.0. The molecule has 2 N–H and O–H groups in total. The van der Waals surface area contributed by atoms with Crippen LogP contribution in [0.25, 0.3) is 0 Å². The molecule has 2 heterocycles. The molecule has 0 saturated carbocycles. The summed E-state index contributed by atoms with van der Waals surface area (Å²) in [5.74, 6) is 1.15. The Bertz CT molecular complexity index is 684. The highest BCUT2D eigenvalue weighted by Gasteiger charge is 2.29. The number of nitrogens with two attached hydrogens (primary N) is 1. The molecule has 2 aliphatic rings. The van der Waals surface area contributed by atoms with Crippen molar-refractivity contribution >= 4 is 17.5 Å². The number of benzene rings is 1. The second-order valence-electron chi connectivity index (χ2n) is 5.51. The van der Waals surface area contributed by atoms with E-state index in [0.29, 0.717) is 24.5 Å². The molecule has 1 aromatic carbocycles. The van der Waals surface area contributed by atoms with Gasteiger partial charge in [0.05, 0.1) is 18.9 Å². The highest BCUT2D eigenvalue weighted by molar-refractivity contribution is 6.07. The summed E-state index contributed by atoms with van der Waals surface area (Å²) in [4.78, 5) is 22.9. The van der Waals surface area contributed by atoms with Crippen LogP contribution in [0.1, 0.15) is 24.5 Å². The summed E-state index contributed by atoms with van der Waals surface area (Å²) < 4.78 is 5.75. The van der Waals surface area contributed by atoms with Crippen molar-refractivity contribution in [3.63, 3.8) is 0 Å². The topological polar surface area (TPSA) is 89.5 Å². The molecule has 1 aromatic rings. The van der Waals surface area contributed by atoms with E-state index in [4.69, 9.17) is 15.3 Å². The third kappa shape index (κ3) is 2.99. The summed E-state index contributed by atoms with van der Waals surface area (Å²) in [6, 6.07) is 5.87. The molecule has 1 atom stereocenters. The number of nitrogens with zero attached hydrogens (tertiary/aromatic N) is 3. The number of ether oxygens (including phenoxy) is 1. The number of oxime groups is 1. The molecule has 23 heavy (non-hydrogen) atoms. The fraction of sp³-hybridized carbons (Fsp3) is 0.438. The second-order valence-corrected chi connectivity index (χ2v) is 5.51. The quantitative estimate of drug-likeness (QED) is 0.868. The standard InChI is InChI=1S/C16H20N4O3/c1-3-22-13-8-10(16-18-6-7-20(16)2)4-5-11(13)12-9-14(15(17)21)23-19-12/h4-5,8,14H,3,6-7,9H2,1-2H3,(H2,17,21). The zero-order valence-electron chi connectivity index (χ0n) is 13.3. The fourth-order valence-corrected chi connectivity index (χ4v) is 2.71. The number of hydrogen-bond acceptors (Lipinski definition) is 6. The van der Waals surface area contributed by atoms with Crippen molar-refractivity contribution in [3.8, 4) is 5.75 Å². The van der Waals surface area contributed by atoms with Gasteiger partial charge in [0, 0.05) is 31.1 Å². The predicted octanol–water partition coefficient (Wildman–Crippen LogP) is 0.756. The van der Waals surface area contributed by atoms with E-state index in [9.17, 15) is 4.79 Å². The van der Waals surface area contributed by atoms with E-state index in [1.807, 2.05) is 32.2 Å². The van der Waals surface area contributed by atoms with E-state index < -0.39 is 12.0 Å². The lowest BCUT2D eigenvalue weighted by molar-refractivity contribution is -0.127. The Morgan fingerprint density at radius 1 is 1.52 bits per heavy atom. The van der Waals surface area contributed by atoms with Crippen LogP contribution in [0.3, 0.4) is 0 Å². The number of carbonyl (C=O) groups excluding carboxylic acids is 1. The molecule has 0 aliphatic carbocycles. The molecule has 2 aliphatic heterocycles. The monoisotopic (exact) mass is 316 g/mol. The number of carbonyl (C=O) groups is 1. The summed E-state index contributed by atoms with van der Waals surface area (Å²) in [7, 11) is 2.02. The maximum Gasteiger partial charge on any atom is 0.261 e. The van der Waals surface area contributed by atoms with Crippen LogP contribution >= 0.6 is 0 Å². The first-order valence-corrected chi connectivity index (χ1v) is 7.65. The summed E-state index contributed by atoms with van der Waals surface area (Å²) in [6.07, 6.45) is -0.347. The summed E-state index contributed by atoms with van der Waals surface area (Å²) in [5.41, 5.74) is 7.76. The van der Waals surface area contributed by atoms with Crippen LogP contribution in [-0.2, 0) is 9.63 Å². The van der Waals surface area contributed by atoms with Crippen molar-refractivity contribution in [1.82, 2.24) is 4.90 Å². The molecule has 7 nitrogen and oxygen atoms in total. The first-order chi connectivity index (χ1) is 11.1. The van der Waals surface area contributed by atoms with E-state index in [-0.39, 0.29) is 0 Å². The molecular formula is C16H20N4O3. The van der Waals surface area contributed by atoms with Crippen molar-refractivity contribution < 1.29 is 14.4 Å². The number of hydrogen-bond donors (Lipinski definition) is 1. The van der Waals surface area contributed by atoms with Gasteiger partial charge in [-0.25, -0.2) is 0 Å². The van der Waals surface area contributed by atoms with Crippen LogP contribution in [0.4, 0.5) is 0 Å². The van der Waals surface area contributed by atoms with Crippen LogP contribution in [0.2, 0.25) is 0 Å². The summed E-state index contributed by atoms with van der Waals surface area (Å²) in [5, 5.41) is 3.99. The van der Waals surface area contributed by atoms with Gasteiger partial charge in [0.1, 0.15) is 11.6 Å². The van der Waals surface area contributed by atoms with Crippen molar-refractivity contribution in [2.24, 2.45) is 15.9 Å². The molecule has 0 radical (unpaired) electrons. The zero-order valence-corrected chi connectivity index (χ0v) is 13.3. The van der Waals surface area contributed by atoms with Crippen molar-refractivity contribution in [2.45, 2.75) is 19.4 Å². The second kappa shape index (κ2) is 6.28. The minimum atomic E-state index is -0.704. The van der Waals surface area contributed by atoms with Gasteiger partial charge < -0.3 is 20.2 Å². The van der Waals surface area contributed by atoms with Gasteiger partial charge in [-0.05, 0) is 19.1 Å². The Balaban J connectivity index is 1.91. The Morgan fingerprint density at radius 3 is 2.96 bits per heavy atom. The Kier molecular flexibility index (Phi) is 4.18. The minimum absolute atomic E-state index is 0.357. The molecule has 0 aromatic heterocycles. The van der Waals surface area contributed by atoms with Gasteiger partial charge in [0.2, 0.25) is 6.10 Å². The van der Waals surface area contributed by atoms with Gasteiger partial charge >= 0.3 is 0 Å². The van der Waals surface area contributed by atoms with E-state index >= 15 is 0 Å². The van der Waals surface area contributed by atoms with E-state index in [1.165, 1.54) is 0 Å². The molecule has 122 valence electrons. The first kappa shape index (κ1) is 15.3. The number of amides is 1. The molecule has 1 amide bonds. The lowest BCUT2D eigenvalue weighted by Crippen LogP contribution is -2.28. The Hall–Kier alpha value is -2.57. The zero-order chi connectivity index (χ0) is 16.4. The average Bonchev–Trinajstić information content (AvgIpc) is 3.16. The van der Waals surface area contributed by atoms with Crippen LogP contribution < -0.4 is 10.5 Å². The van der Waals surface area contributed by atoms with Crippen LogP contribution in [-0.4, -0.2) is 55.2 Å². The first-order valence-electron chi connectivity index (χ1n) is 7.65. The van der Waals surface area contributed by atoms with Gasteiger partial charge in [-0.15, -0.1) is 0 Å². The number of rotatable bonds is 5. The van der Waals surface area contributed by atoms with Crippen molar-refractivity contribution in [2.75, 3.05) is 26.7 Å². The Morgan fingerprint density at radius 2 is 2.35 bits per heavy atom. The van der Waals surface area contributed by atoms with Gasteiger partial charge in [-0.2, -0.15) is 0 Å². The van der Waals surface area contributed by atoms with E-state index in [2.05, 4.69) is 15.0 Å². The SMILES string of the molecule is CCOc1cc(C2=NCCN2C)ccc1C1=NOC(C(N)=O)C1. The normalized spacial score (nSPS) is 20.1. The summed E-state index contributed by atoms with van der Waals surface area (Å²) >= 11 is 0. The van der Waals surface area contributed by atoms with Crippen LogP contribution in [0, 0.1) is 0 Å². The molecule has 7 heteroatoms. The average molecular weight is 316 g/mol. The fourth-order valence-electron chi connectivity index (χ4n) is 2.71. The van der Waals surface area contributed by atoms with Crippen LogP contribution in [0.15, 0.2) is 28.3 Å². The van der Waals surface area contributed by atoms with Gasteiger partial charge in [-0.1, -0.05) is 11.2 Å².